The zero-order valence-electron chi connectivity index (χ0n) is 21.0. The van der Waals surface area contributed by atoms with E-state index < -0.39 is 11.5 Å². The lowest BCUT2D eigenvalue weighted by molar-refractivity contribution is 0.0992. The molecule has 0 radical (unpaired) electrons. The molecule has 0 saturated heterocycles. The van der Waals surface area contributed by atoms with Crippen molar-refractivity contribution >= 4 is 35.2 Å². The Bertz CT molecular complexity index is 1580. The standard InChI is InChI=1S/C30H27ClN4O3/c1-30(2,38)16-15-18-7-12-21(13-8-18)35-27-23(26(34-35)28(32)36)14-10-19-9-11-20(17-24(19)27)33-29(37)22-5-3-4-6-25(22)31/h3-9,11-13,15-17,38H,10,14H2,1-2H3,(H2,32,36)(H,33,37)/b16-15+. The summed E-state index contributed by atoms with van der Waals surface area (Å²) in [5.74, 6) is -0.899. The van der Waals surface area contributed by atoms with Gasteiger partial charge in [-0.05, 0) is 74.2 Å². The fourth-order valence-corrected chi connectivity index (χ4v) is 4.79. The molecular weight excluding hydrogens is 500 g/mol. The van der Waals surface area contributed by atoms with Crippen LogP contribution in [-0.2, 0) is 12.8 Å². The molecule has 0 atom stereocenters. The van der Waals surface area contributed by atoms with Crippen molar-refractivity contribution in [3.8, 4) is 16.9 Å². The van der Waals surface area contributed by atoms with Crippen molar-refractivity contribution in [2.75, 3.05) is 5.32 Å². The van der Waals surface area contributed by atoms with Gasteiger partial charge in [0.15, 0.2) is 5.69 Å². The van der Waals surface area contributed by atoms with Crippen LogP contribution in [0.2, 0.25) is 5.02 Å². The number of nitrogens with one attached hydrogen (secondary N) is 1. The van der Waals surface area contributed by atoms with Gasteiger partial charge in [-0.3, -0.25) is 9.59 Å². The Hall–Kier alpha value is -4.20. The highest BCUT2D eigenvalue weighted by Crippen LogP contribution is 2.38. The molecule has 192 valence electrons. The lowest BCUT2D eigenvalue weighted by Crippen LogP contribution is -2.15. The summed E-state index contributed by atoms with van der Waals surface area (Å²) in [6.07, 6.45) is 4.91. The molecule has 0 aliphatic heterocycles. The second-order valence-electron chi connectivity index (χ2n) is 9.84. The van der Waals surface area contributed by atoms with E-state index in [9.17, 15) is 14.7 Å². The van der Waals surface area contributed by atoms with Crippen LogP contribution in [0.5, 0.6) is 0 Å². The summed E-state index contributed by atoms with van der Waals surface area (Å²) in [4.78, 5) is 25.2. The number of aliphatic hydroxyl groups is 1. The van der Waals surface area contributed by atoms with Crippen LogP contribution in [0.4, 0.5) is 5.69 Å². The molecule has 1 aliphatic carbocycles. The molecule has 1 heterocycles. The normalized spacial score (nSPS) is 12.7. The van der Waals surface area contributed by atoms with Gasteiger partial charge in [0.2, 0.25) is 0 Å². The summed E-state index contributed by atoms with van der Waals surface area (Å²) in [5, 5.41) is 17.9. The van der Waals surface area contributed by atoms with Crippen molar-refractivity contribution < 1.29 is 14.7 Å². The van der Waals surface area contributed by atoms with Crippen LogP contribution in [0.15, 0.2) is 72.8 Å². The quantitative estimate of drug-likeness (QED) is 0.311. The number of aryl methyl sites for hydroxylation is 1. The van der Waals surface area contributed by atoms with Gasteiger partial charge in [0, 0.05) is 16.8 Å². The number of hydrogen-bond donors (Lipinski definition) is 3. The summed E-state index contributed by atoms with van der Waals surface area (Å²) < 4.78 is 1.73. The highest BCUT2D eigenvalue weighted by molar-refractivity contribution is 6.34. The van der Waals surface area contributed by atoms with Crippen LogP contribution in [0, 0.1) is 0 Å². The summed E-state index contributed by atoms with van der Waals surface area (Å²) in [6.45, 7) is 3.42. The fraction of sp³-hybridized carbons (Fsp3) is 0.167. The van der Waals surface area contributed by atoms with Gasteiger partial charge in [-0.2, -0.15) is 5.10 Å². The molecule has 4 N–H and O–H groups in total. The van der Waals surface area contributed by atoms with Crippen molar-refractivity contribution in [3.63, 3.8) is 0 Å². The van der Waals surface area contributed by atoms with E-state index in [-0.39, 0.29) is 11.6 Å². The number of rotatable bonds is 6. The maximum absolute atomic E-state index is 12.9. The molecule has 4 aromatic rings. The number of hydrogen-bond acceptors (Lipinski definition) is 4. The monoisotopic (exact) mass is 526 g/mol. The van der Waals surface area contributed by atoms with Crippen molar-refractivity contribution in [3.05, 3.63) is 106 Å². The summed E-state index contributed by atoms with van der Waals surface area (Å²) in [6, 6.07) is 20.2. The molecule has 7 nitrogen and oxygen atoms in total. The molecular formula is C30H27ClN4O3. The largest absolute Gasteiger partial charge is 0.386 e. The van der Waals surface area contributed by atoms with Crippen molar-refractivity contribution in [1.82, 2.24) is 9.78 Å². The van der Waals surface area contributed by atoms with Gasteiger partial charge >= 0.3 is 0 Å². The molecule has 1 aromatic heterocycles. The number of halogens is 1. The van der Waals surface area contributed by atoms with Crippen LogP contribution in [0.1, 0.15) is 51.4 Å². The molecule has 38 heavy (non-hydrogen) atoms. The maximum atomic E-state index is 12.9. The highest BCUT2D eigenvalue weighted by Gasteiger charge is 2.28. The van der Waals surface area contributed by atoms with Crippen molar-refractivity contribution in [2.24, 2.45) is 5.73 Å². The minimum Gasteiger partial charge on any atom is -0.386 e. The first-order chi connectivity index (χ1) is 18.1. The first-order valence-electron chi connectivity index (χ1n) is 12.2. The Balaban J connectivity index is 1.55. The average molecular weight is 527 g/mol. The Labute approximate surface area is 225 Å². The molecule has 0 spiro atoms. The van der Waals surface area contributed by atoms with E-state index in [1.807, 2.05) is 48.5 Å². The van der Waals surface area contributed by atoms with E-state index in [4.69, 9.17) is 17.3 Å². The SMILES string of the molecule is CC(C)(O)/C=C/c1ccc(-n2nc(C(N)=O)c3c2-c2cc(NC(=O)c4ccccc4Cl)ccc2CC3)cc1. The smallest absolute Gasteiger partial charge is 0.269 e. The van der Waals surface area contributed by atoms with E-state index in [0.29, 0.717) is 29.1 Å². The van der Waals surface area contributed by atoms with Crippen molar-refractivity contribution in [1.29, 1.82) is 0 Å². The first-order valence-corrected chi connectivity index (χ1v) is 12.6. The minimum absolute atomic E-state index is 0.238. The van der Waals surface area contributed by atoms with Gasteiger partial charge in [-0.25, -0.2) is 4.68 Å². The molecule has 2 amide bonds. The third-order valence-electron chi connectivity index (χ3n) is 6.42. The number of primary amides is 1. The topological polar surface area (TPSA) is 110 Å². The molecule has 8 heteroatoms. The Morgan fingerprint density at radius 1 is 1.08 bits per heavy atom. The van der Waals surface area contributed by atoms with Gasteiger partial charge < -0.3 is 16.2 Å². The Kier molecular flexibility index (Phi) is 6.65. The number of amides is 2. The molecule has 0 bridgehead atoms. The van der Waals surface area contributed by atoms with Gasteiger partial charge in [-0.1, -0.05) is 54.1 Å². The minimum atomic E-state index is -0.918. The summed E-state index contributed by atoms with van der Waals surface area (Å²) in [7, 11) is 0. The number of carbonyl (C=O) groups excluding carboxylic acids is 2. The van der Waals surface area contributed by atoms with Gasteiger partial charge in [0.05, 0.1) is 27.6 Å². The zero-order valence-corrected chi connectivity index (χ0v) is 21.8. The van der Waals surface area contributed by atoms with Gasteiger partial charge in [0.25, 0.3) is 11.8 Å². The van der Waals surface area contributed by atoms with E-state index in [0.717, 1.165) is 33.6 Å². The number of nitrogens with zero attached hydrogens (tertiary/aromatic N) is 2. The lowest BCUT2D eigenvalue weighted by atomic mass is 9.88. The van der Waals surface area contributed by atoms with Crippen LogP contribution >= 0.6 is 11.6 Å². The van der Waals surface area contributed by atoms with Crippen LogP contribution < -0.4 is 11.1 Å². The van der Waals surface area contributed by atoms with Crippen LogP contribution in [0.3, 0.4) is 0 Å². The fourth-order valence-electron chi connectivity index (χ4n) is 4.57. The summed E-state index contributed by atoms with van der Waals surface area (Å²) >= 11 is 6.21. The van der Waals surface area contributed by atoms with Gasteiger partial charge in [0.1, 0.15) is 0 Å². The predicted octanol–water partition coefficient (Wildman–Crippen LogP) is 5.43. The predicted molar refractivity (Wildman–Crippen MR) is 150 cm³/mol. The molecule has 0 unspecified atom stereocenters. The van der Waals surface area contributed by atoms with Gasteiger partial charge in [-0.15, -0.1) is 0 Å². The van der Waals surface area contributed by atoms with E-state index in [1.165, 1.54) is 0 Å². The number of aromatic nitrogens is 2. The number of nitrogens with two attached hydrogens (primary N) is 1. The maximum Gasteiger partial charge on any atom is 0.269 e. The molecule has 1 aliphatic rings. The average Bonchev–Trinajstić information content (AvgIpc) is 3.28. The Morgan fingerprint density at radius 3 is 2.50 bits per heavy atom. The number of benzene rings is 3. The Morgan fingerprint density at radius 2 is 1.82 bits per heavy atom. The molecule has 0 saturated carbocycles. The third-order valence-corrected chi connectivity index (χ3v) is 6.75. The highest BCUT2D eigenvalue weighted by atomic mass is 35.5. The summed E-state index contributed by atoms with van der Waals surface area (Å²) in [5.41, 5.74) is 11.2. The van der Waals surface area contributed by atoms with E-state index >= 15 is 0 Å². The van der Waals surface area contributed by atoms with E-state index in [1.54, 1.807) is 48.9 Å². The van der Waals surface area contributed by atoms with E-state index in [2.05, 4.69) is 10.4 Å². The molecule has 5 rings (SSSR count). The van der Waals surface area contributed by atoms with Crippen LogP contribution in [-0.4, -0.2) is 32.3 Å². The van der Waals surface area contributed by atoms with Crippen LogP contribution in [0.25, 0.3) is 23.0 Å². The second-order valence-corrected chi connectivity index (χ2v) is 10.2. The zero-order chi connectivity index (χ0) is 27.0. The lowest BCUT2D eigenvalue weighted by Gasteiger charge is -2.20. The number of anilines is 1. The second kappa shape index (κ2) is 9.93. The molecule has 0 fully saturated rings. The third kappa shape index (κ3) is 5.11. The molecule has 3 aromatic carbocycles. The first kappa shape index (κ1) is 25.4. The number of fused-ring (bicyclic) bond motifs is 3. The van der Waals surface area contributed by atoms with Crippen molar-refractivity contribution in [2.45, 2.75) is 32.3 Å². The number of carbonyl (C=O) groups is 2.